The lowest BCUT2D eigenvalue weighted by Crippen LogP contribution is -2.17. The fourth-order valence-electron chi connectivity index (χ4n) is 1.83. The molecule has 0 spiro atoms. The SMILES string of the molecule is COc1ccc2c(c1)[C@H](OC)CCN2. The van der Waals surface area contributed by atoms with Crippen LogP contribution >= 0.6 is 0 Å². The van der Waals surface area contributed by atoms with E-state index in [2.05, 4.69) is 5.32 Å². The molecule has 0 radical (unpaired) electrons. The Hall–Kier alpha value is -1.22. The van der Waals surface area contributed by atoms with Gasteiger partial charge >= 0.3 is 0 Å². The Balaban J connectivity index is 2.38. The van der Waals surface area contributed by atoms with Crippen LogP contribution in [0.2, 0.25) is 0 Å². The van der Waals surface area contributed by atoms with Crippen LogP contribution in [0.5, 0.6) is 5.75 Å². The standard InChI is InChI=1S/C11H15NO2/c1-13-8-3-4-10-9(7-8)11(14-2)5-6-12-10/h3-4,7,11-12H,5-6H2,1-2H3/t11-/m1/s1. The van der Waals surface area contributed by atoms with Gasteiger partial charge in [0.2, 0.25) is 0 Å². The highest BCUT2D eigenvalue weighted by molar-refractivity contribution is 5.56. The first-order chi connectivity index (χ1) is 6.85. The number of nitrogens with one attached hydrogen (secondary N) is 1. The summed E-state index contributed by atoms with van der Waals surface area (Å²) < 4.78 is 10.6. The van der Waals surface area contributed by atoms with Crippen molar-refractivity contribution in [3.63, 3.8) is 0 Å². The van der Waals surface area contributed by atoms with Gasteiger partial charge in [0.05, 0.1) is 13.2 Å². The third kappa shape index (κ3) is 1.55. The molecule has 76 valence electrons. The van der Waals surface area contributed by atoms with Crippen LogP contribution in [0.15, 0.2) is 18.2 Å². The third-order valence-corrected chi connectivity index (χ3v) is 2.61. The highest BCUT2D eigenvalue weighted by atomic mass is 16.5. The second kappa shape index (κ2) is 3.88. The molecule has 0 saturated carbocycles. The van der Waals surface area contributed by atoms with Crippen LogP contribution in [0.4, 0.5) is 5.69 Å². The van der Waals surface area contributed by atoms with Gasteiger partial charge in [0.15, 0.2) is 0 Å². The van der Waals surface area contributed by atoms with E-state index in [9.17, 15) is 0 Å². The maximum absolute atomic E-state index is 5.42. The van der Waals surface area contributed by atoms with Gasteiger partial charge in [-0.15, -0.1) is 0 Å². The number of ether oxygens (including phenoxy) is 2. The quantitative estimate of drug-likeness (QED) is 0.781. The fraction of sp³-hybridized carbons (Fsp3) is 0.455. The van der Waals surface area contributed by atoms with E-state index >= 15 is 0 Å². The Kier molecular flexibility index (Phi) is 2.59. The molecule has 1 heterocycles. The summed E-state index contributed by atoms with van der Waals surface area (Å²) >= 11 is 0. The van der Waals surface area contributed by atoms with E-state index in [0.717, 1.165) is 24.4 Å². The van der Waals surface area contributed by atoms with Gasteiger partial charge in [-0.05, 0) is 24.6 Å². The monoisotopic (exact) mass is 193 g/mol. The molecule has 1 atom stereocenters. The lowest BCUT2D eigenvalue weighted by atomic mass is 10.00. The second-order valence-electron chi connectivity index (χ2n) is 3.39. The van der Waals surface area contributed by atoms with Crippen LogP contribution in [-0.2, 0) is 4.74 Å². The highest BCUT2D eigenvalue weighted by Crippen LogP contribution is 2.34. The first-order valence-corrected chi connectivity index (χ1v) is 4.79. The zero-order chi connectivity index (χ0) is 9.97. The first kappa shape index (κ1) is 9.34. The molecule has 3 heteroatoms. The lowest BCUT2D eigenvalue weighted by Gasteiger charge is -2.25. The van der Waals surface area contributed by atoms with Crippen LogP contribution in [-0.4, -0.2) is 20.8 Å². The Morgan fingerprint density at radius 2 is 2.21 bits per heavy atom. The molecule has 1 aliphatic heterocycles. The fourth-order valence-corrected chi connectivity index (χ4v) is 1.83. The van der Waals surface area contributed by atoms with Gasteiger partial charge in [0.25, 0.3) is 0 Å². The van der Waals surface area contributed by atoms with Gasteiger partial charge in [-0.3, -0.25) is 0 Å². The Morgan fingerprint density at radius 3 is 2.93 bits per heavy atom. The van der Waals surface area contributed by atoms with E-state index in [4.69, 9.17) is 9.47 Å². The molecule has 0 aliphatic carbocycles. The van der Waals surface area contributed by atoms with Crippen molar-refractivity contribution in [1.82, 2.24) is 0 Å². The summed E-state index contributed by atoms with van der Waals surface area (Å²) in [6, 6.07) is 6.04. The van der Waals surface area contributed by atoms with Gasteiger partial charge in [-0.2, -0.15) is 0 Å². The number of benzene rings is 1. The molecule has 14 heavy (non-hydrogen) atoms. The minimum absolute atomic E-state index is 0.196. The number of fused-ring (bicyclic) bond motifs is 1. The van der Waals surface area contributed by atoms with Crippen LogP contribution in [0, 0.1) is 0 Å². The van der Waals surface area contributed by atoms with E-state index in [0.29, 0.717) is 0 Å². The van der Waals surface area contributed by atoms with E-state index in [-0.39, 0.29) is 6.10 Å². The molecule has 0 bridgehead atoms. The Morgan fingerprint density at radius 1 is 1.36 bits per heavy atom. The predicted molar refractivity (Wildman–Crippen MR) is 55.9 cm³/mol. The second-order valence-corrected chi connectivity index (χ2v) is 3.39. The van der Waals surface area contributed by atoms with Crippen LogP contribution < -0.4 is 10.1 Å². The summed E-state index contributed by atoms with van der Waals surface area (Å²) in [7, 11) is 3.43. The minimum Gasteiger partial charge on any atom is -0.497 e. The Labute approximate surface area is 84.0 Å². The van der Waals surface area contributed by atoms with Crippen molar-refractivity contribution >= 4 is 5.69 Å². The molecular formula is C11H15NO2. The van der Waals surface area contributed by atoms with Gasteiger partial charge < -0.3 is 14.8 Å². The smallest absolute Gasteiger partial charge is 0.119 e. The number of methoxy groups -OCH3 is 2. The zero-order valence-corrected chi connectivity index (χ0v) is 8.54. The van der Waals surface area contributed by atoms with Gasteiger partial charge in [-0.1, -0.05) is 0 Å². The normalized spacial score (nSPS) is 19.7. The molecule has 0 amide bonds. The van der Waals surface area contributed by atoms with Gasteiger partial charge in [-0.25, -0.2) is 0 Å². The van der Waals surface area contributed by atoms with Crippen molar-refractivity contribution in [3.05, 3.63) is 23.8 Å². The molecule has 3 nitrogen and oxygen atoms in total. The van der Waals surface area contributed by atoms with Crippen LogP contribution in [0.3, 0.4) is 0 Å². The maximum atomic E-state index is 5.42. The average Bonchev–Trinajstić information content (AvgIpc) is 2.27. The summed E-state index contributed by atoms with van der Waals surface area (Å²) in [5.74, 6) is 0.884. The highest BCUT2D eigenvalue weighted by Gasteiger charge is 2.19. The number of hydrogen-bond donors (Lipinski definition) is 1. The van der Waals surface area contributed by atoms with E-state index in [1.165, 1.54) is 5.56 Å². The van der Waals surface area contributed by atoms with Crippen molar-refractivity contribution in [1.29, 1.82) is 0 Å². The van der Waals surface area contributed by atoms with Gasteiger partial charge in [0.1, 0.15) is 5.75 Å². The van der Waals surface area contributed by atoms with E-state index in [1.807, 2.05) is 18.2 Å². The molecular weight excluding hydrogens is 178 g/mol. The molecule has 1 N–H and O–H groups in total. The number of anilines is 1. The van der Waals surface area contributed by atoms with Crippen LogP contribution in [0.1, 0.15) is 18.1 Å². The van der Waals surface area contributed by atoms with Gasteiger partial charge in [0, 0.05) is 24.9 Å². The summed E-state index contributed by atoms with van der Waals surface area (Å²) in [6.07, 6.45) is 1.21. The summed E-state index contributed by atoms with van der Waals surface area (Å²) in [5, 5.41) is 3.34. The van der Waals surface area contributed by atoms with Crippen LogP contribution in [0.25, 0.3) is 0 Å². The largest absolute Gasteiger partial charge is 0.497 e. The van der Waals surface area contributed by atoms with Crippen molar-refractivity contribution in [2.24, 2.45) is 0 Å². The van der Waals surface area contributed by atoms with Crippen molar-refractivity contribution in [2.75, 3.05) is 26.1 Å². The predicted octanol–water partition coefficient (Wildman–Crippen LogP) is 2.20. The Bertz CT molecular complexity index is 325. The zero-order valence-electron chi connectivity index (χ0n) is 8.54. The van der Waals surface area contributed by atoms with E-state index in [1.54, 1.807) is 14.2 Å². The summed E-state index contributed by atoms with van der Waals surface area (Å²) in [5.41, 5.74) is 2.35. The number of rotatable bonds is 2. The number of hydrogen-bond acceptors (Lipinski definition) is 3. The van der Waals surface area contributed by atoms with Crippen molar-refractivity contribution in [3.8, 4) is 5.75 Å². The molecule has 0 fully saturated rings. The van der Waals surface area contributed by atoms with Crippen molar-refractivity contribution < 1.29 is 9.47 Å². The molecule has 0 saturated heterocycles. The molecule has 0 aromatic heterocycles. The molecule has 2 rings (SSSR count). The molecule has 1 aromatic rings. The first-order valence-electron chi connectivity index (χ1n) is 4.79. The summed E-state index contributed by atoms with van der Waals surface area (Å²) in [6.45, 7) is 0.970. The average molecular weight is 193 g/mol. The van der Waals surface area contributed by atoms with E-state index < -0.39 is 0 Å². The van der Waals surface area contributed by atoms with Crippen molar-refractivity contribution in [2.45, 2.75) is 12.5 Å². The molecule has 1 aromatic carbocycles. The minimum atomic E-state index is 0.196. The maximum Gasteiger partial charge on any atom is 0.119 e. The summed E-state index contributed by atoms with van der Waals surface area (Å²) in [4.78, 5) is 0. The topological polar surface area (TPSA) is 30.5 Å². The lowest BCUT2D eigenvalue weighted by molar-refractivity contribution is 0.0963. The molecule has 1 aliphatic rings. The third-order valence-electron chi connectivity index (χ3n) is 2.61. The molecule has 0 unspecified atom stereocenters.